The van der Waals surface area contributed by atoms with E-state index in [2.05, 4.69) is 37.9 Å². The number of halogens is 1. The summed E-state index contributed by atoms with van der Waals surface area (Å²) in [6.07, 6.45) is 0. The fourth-order valence-corrected chi connectivity index (χ4v) is 4.08. The summed E-state index contributed by atoms with van der Waals surface area (Å²) in [6.45, 7) is 10.1. The van der Waals surface area contributed by atoms with Crippen LogP contribution in [0.4, 0.5) is 0 Å². The van der Waals surface area contributed by atoms with E-state index in [-0.39, 0.29) is 5.91 Å². The smallest absolute Gasteiger partial charge is 0.262 e. The van der Waals surface area contributed by atoms with Crippen molar-refractivity contribution in [3.05, 3.63) is 34.2 Å². The molecule has 2 rings (SSSR count). The van der Waals surface area contributed by atoms with E-state index in [0.29, 0.717) is 28.5 Å². The maximum absolute atomic E-state index is 12.4. The Morgan fingerprint density at radius 2 is 1.86 bits per heavy atom. The van der Waals surface area contributed by atoms with Crippen molar-refractivity contribution in [2.45, 2.75) is 39.8 Å². The quantitative estimate of drug-likeness (QED) is 0.846. The van der Waals surface area contributed by atoms with E-state index in [1.807, 2.05) is 24.3 Å². The summed E-state index contributed by atoms with van der Waals surface area (Å²) in [5, 5.41) is 4.49. The average molecular weight is 339 g/mol. The molecule has 2 aromatic rings. The van der Waals surface area contributed by atoms with E-state index in [1.54, 1.807) is 0 Å². The van der Waals surface area contributed by atoms with Gasteiger partial charge in [0, 0.05) is 35.3 Å². The third kappa shape index (κ3) is 3.80. The second-order valence-electron chi connectivity index (χ2n) is 5.92. The number of hydrogen-bond acceptors (Lipinski definition) is 3. The predicted molar refractivity (Wildman–Crippen MR) is 96.1 cm³/mol. The lowest BCUT2D eigenvalue weighted by Crippen LogP contribution is -2.42. The zero-order chi connectivity index (χ0) is 16.3. The van der Waals surface area contributed by atoms with Gasteiger partial charge in [0.15, 0.2) is 0 Å². The maximum Gasteiger partial charge on any atom is 0.262 e. The molecule has 3 nitrogen and oxygen atoms in total. The molecule has 0 bridgehead atoms. The summed E-state index contributed by atoms with van der Waals surface area (Å²) in [6, 6.07) is 8.76. The normalized spacial score (nSPS) is 11.8. The molecule has 0 fully saturated rings. The minimum absolute atomic E-state index is 0.0846. The number of amides is 1. The molecule has 5 heteroatoms. The SMILES string of the molecule is CC(C)N(CCNC(=O)c1sc2ccccc2c1Cl)C(C)C. The van der Waals surface area contributed by atoms with Crippen LogP contribution in [0.3, 0.4) is 0 Å². The van der Waals surface area contributed by atoms with Crippen molar-refractivity contribution in [2.75, 3.05) is 13.1 Å². The number of hydrogen-bond donors (Lipinski definition) is 1. The van der Waals surface area contributed by atoms with Crippen LogP contribution < -0.4 is 5.32 Å². The highest BCUT2D eigenvalue weighted by Crippen LogP contribution is 2.34. The minimum Gasteiger partial charge on any atom is -0.350 e. The molecule has 1 amide bonds. The lowest BCUT2D eigenvalue weighted by molar-refractivity contribution is 0.0943. The second-order valence-corrected chi connectivity index (χ2v) is 7.35. The highest BCUT2D eigenvalue weighted by Gasteiger charge is 2.18. The number of thiophene rings is 1. The molecule has 0 radical (unpaired) electrons. The fraction of sp³-hybridized carbons (Fsp3) is 0.471. The van der Waals surface area contributed by atoms with Gasteiger partial charge in [-0.1, -0.05) is 29.8 Å². The Kier molecular flexibility index (Phi) is 5.84. The Labute approximate surface area is 141 Å². The average Bonchev–Trinajstić information content (AvgIpc) is 2.80. The van der Waals surface area contributed by atoms with Crippen molar-refractivity contribution < 1.29 is 4.79 Å². The van der Waals surface area contributed by atoms with Crippen LogP contribution in [0, 0.1) is 0 Å². The molecule has 0 unspecified atom stereocenters. The van der Waals surface area contributed by atoms with E-state index < -0.39 is 0 Å². The summed E-state index contributed by atoms with van der Waals surface area (Å²) >= 11 is 7.78. The van der Waals surface area contributed by atoms with Crippen LogP contribution >= 0.6 is 22.9 Å². The minimum atomic E-state index is -0.0846. The molecular formula is C17H23ClN2OS. The Balaban J connectivity index is 2.01. The van der Waals surface area contributed by atoms with E-state index in [9.17, 15) is 4.79 Å². The van der Waals surface area contributed by atoms with Crippen LogP contribution in [0.2, 0.25) is 5.02 Å². The zero-order valence-corrected chi connectivity index (χ0v) is 15.1. The highest BCUT2D eigenvalue weighted by molar-refractivity contribution is 7.21. The lowest BCUT2D eigenvalue weighted by Gasteiger charge is -2.30. The van der Waals surface area contributed by atoms with Gasteiger partial charge in [-0.2, -0.15) is 0 Å². The van der Waals surface area contributed by atoms with Gasteiger partial charge in [-0.3, -0.25) is 9.69 Å². The molecule has 0 aliphatic carbocycles. The van der Waals surface area contributed by atoms with Crippen LogP contribution in [-0.2, 0) is 0 Å². The highest BCUT2D eigenvalue weighted by atomic mass is 35.5. The largest absolute Gasteiger partial charge is 0.350 e. The van der Waals surface area contributed by atoms with E-state index in [4.69, 9.17) is 11.6 Å². The van der Waals surface area contributed by atoms with Crippen molar-refractivity contribution in [3.63, 3.8) is 0 Å². The molecule has 0 spiro atoms. The Bertz CT molecular complexity index is 643. The first-order valence-corrected chi connectivity index (χ1v) is 8.82. The lowest BCUT2D eigenvalue weighted by atomic mass is 10.2. The maximum atomic E-state index is 12.4. The van der Waals surface area contributed by atoms with Gasteiger partial charge >= 0.3 is 0 Å². The number of fused-ring (bicyclic) bond motifs is 1. The third-order valence-corrected chi connectivity index (χ3v) is 5.40. The Morgan fingerprint density at radius 3 is 2.45 bits per heavy atom. The Hall–Kier alpha value is -1.10. The van der Waals surface area contributed by atoms with Crippen LogP contribution in [0.15, 0.2) is 24.3 Å². The fourth-order valence-electron chi connectivity index (χ4n) is 2.65. The van der Waals surface area contributed by atoms with Crippen LogP contribution in [0.5, 0.6) is 0 Å². The van der Waals surface area contributed by atoms with E-state index in [0.717, 1.165) is 16.6 Å². The van der Waals surface area contributed by atoms with Crippen LogP contribution in [0.1, 0.15) is 37.4 Å². The summed E-state index contributed by atoms with van der Waals surface area (Å²) in [5.74, 6) is -0.0846. The summed E-state index contributed by atoms with van der Waals surface area (Å²) < 4.78 is 1.05. The number of nitrogens with zero attached hydrogens (tertiary/aromatic N) is 1. The monoisotopic (exact) mass is 338 g/mol. The Morgan fingerprint density at radius 1 is 1.23 bits per heavy atom. The predicted octanol–water partition coefficient (Wildman–Crippen LogP) is 4.40. The molecule has 1 aromatic heterocycles. The number of nitrogens with one attached hydrogen (secondary N) is 1. The molecule has 120 valence electrons. The molecule has 1 heterocycles. The summed E-state index contributed by atoms with van der Waals surface area (Å²) in [4.78, 5) is 15.3. The second kappa shape index (κ2) is 7.44. The van der Waals surface area contributed by atoms with Gasteiger partial charge in [0.1, 0.15) is 4.88 Å². The van der Waals surface area contributed by atoms with Crippen molar-refractivity contribution in [1.29, 1.82) is 0 Å². The first-order valence-electron chi connectivity index (χ1n) is 7.62. The molecule has 1 N–H and O–H groups in total. The van der Waals surface area contributed by atoms with Crippen molar-refractivity contribution >= 4 is 38.9 Å². The number of benzene rings is 1. The molecular weight excluding hydrogens is 316 g/mol. The number of rotatable bonds is 6. The van der Waals surface area contributed by atoms with Gasteiger partial charge < -0.3 is 5.32 Å². The van der Waals surface area contributed by atoms with Gasteiger partial charge in [0.25, 0.3) is 5.91 Å². The third-order valence-electron chi connectivity index (χ3n) is 3.72. The molecule has 0 atom stereocenters. The van der Waals surface area contributed by atoms with Gasteiger partial charge in [0.05, 0.1) is 5.02 Å². The van der Waals surface area contributed by atoms with E-state index in [1.165, 1.54) is 11.3 Å². The van der Waals surface area contributed by atoms with Crippen LogP contribution in [0.25, 0.3) is 10.1 Å². The number of carbonyl (C=O) groups is 1. The first kappa shape index (κ1) is 17.3. The molecule has 1 aromatic carbocycles. The van der Waals surface area contributed by atoms with Gasteiger partial charge in [0.2, 0.25) is 0 Å². The molecule has 0 aliphatic heterocycles. The van der Waals surface area contributed by atoms with Crippen molar-refractivity contribution in [3.8, 4) is 0 Å². The molecule has 0 saturated heterocycles. The molecule has 0 saturated carbocycles. The van der Waals surface area contributed by atoms with Gasteiger partial charge in [-0.25, -0.2) is 0 Å². The topological polar surface area (TPSA) is 32.3 Å². The zero-order valence-electron chi connectivity index (χ0n) is 13.5. The van der Waals surface area contributed by atoms with E-state index >= 15 is 0 Å². The molecule has 0 aliphatic rings. The van der Waals surface area contributed by atoms with Crippen molar-refractivity contribution in [2.24, 2.45) is 0 Å². The summed E-state index contributed by atoms with van der Waals surface area (Å²) in [7, 11) is 0. The summed E-state index contributed by atoms with van der Waals surface area (Å²) in [5.41, 5.74) is 0. The van der Waals surface area contributed by atoms with Crippen molar-refractivity contribution in [1.82, 2.24) is 10.2 Å². The first-order chi connectivity index (χ1) is 10.4. The number of carbonyl (C=O) groups excluding carboxylic acids is 1. The van der Waals surface area contributed by atoms with Gasteiger partial charge in [-0.05, 0) is 33.8 Å². The van der Waals surface area contributed by atoms with Crippen LogP contribution in [-0.4, -0.2) is 36.0 Å². The van der Waals surface area contributed by atoms with Gasteiger partial charge in [-0.15, -0.1) is 11.3 Å². The molecule has 22 heavy (non-hydrogen) atoms. The standard InChI is InChI=1S/C17H23ClN2OS/c1-11(2)20(12(3)4)10-9-19-17(21)16-15(18)13-7-5-6-8-14(13)22-16/h5-8,11-12H,9-10H2,1-4H3,(H,19,21).